The molecule has 0 unspecified atom stereocenters. The van der Waals surface area contributed by atoms with Crippen molar-refractivity contribution in [1.82, 2.24) is 20.6 Å². The molecule has 18 nitrogen and oxygen atoms in total. The number of ether oxygens (including phenoxy) is 6. The zero-order valence-electron chi connectivity index (χ0n) is 34.7. The summed E-state index contributed by atoms with van der Waals surface area (Å²) in [6, 6.07) is 10.1. The van der Waals surface area contributed by atoms with Gasteiger partial charge in [-0.3, -0.25) is 14.4 Å². The highest BCUT2D eigenvalue weighted by Gasteiger charge is 2.18. The number of aromatic nitrogens is 2. The van der Waals surface area contributed by atoms with E-state index in [-0.39, 0.29) is 93.4 Å². The predicted molar refractivity (Wildman–Crippen MR) is 219 cm³/mol. The maximum Gasteiger partial charge on any atom is 0.329 e. The molecular formula is C41H56FN5O13S. The molecular weight excluding hydrogens is 822 g/mol. The van der Waals surface area contributed by atoms with E-state index in [1.165, 1.54) is 48.8 Å². The van der Waals surface area contributed by atoms with Crippen LogP contribution in [0.25, 0.3) is 0 Å². The number of anilines is 1. The van der Waals surface area contributed by atoms with Gasteiger partial charge in [-0.15, -0.1) is 0 Å². The van der Waals surface area contributed by atoms with Gasteiger partial charge in [-0.25, -0.2) is 32.3 Å². The summed E-state index contributed by atoms with van der Waals surface area (Å²) >= 11 is 0. The second-order valence-corrected chi connectivity index (χ2v) is 16.1. The Balaban J connectivity index is 1.30. The van der Waals surface area contributed by atoms with E-state index in [1.54, 1.807) is 6.07 Å². The number of amides is 2. The number of aliphatic carboxylic acids is 1. The van der Waals surface area contributed by atoms with Crippen LogP contribution in [0.15, 0.2) is 59.8 Å². The number of nitrogens with zero attached hydrogens (tertiary/aromatic N) is 2. The molecule has 3 aromatic rings. The molecule has 61 heavy (non-hydrogen) atoms. The minimum atomic E-state index is -4.10. The van der Waals surface area contributed by atoms with Gasteiger partial charge in [0.15, 0.2) is 0 Å². The van der Waals surface area contributed by atoms with Crippen molar-refractivity contribution in [3.8, 4) is 11.5 Å². The highest BCUT2D eigenvalue weighted by atomic mass is 32.2. The van der Waals surface area contributed by atoms with Crippen LogP contribution >= 0.6 is 0 Å². The molecule has 2 amide bonds. The summed E-state index contributed by atoms with van der Waals surface area (Å²) in [6.07, 6.45) is 7.44. The molecule has 2 aromatic carbocycles. The number of hydrogen-bond acceptors (Lipinski definition) is 14. The molecule has 0 radical (unpaired) electrons. The Morgan fingerprint density at radius 2 is 1.33 bits per heavy atom. The fourth-order valence-electron chi connectivity index (χ4n) is 5.23. The number of unbranched alkanes of at least 4 members (excludes halogenated alkanes) is 4. The first-order valence-electron chi connectivity index (χ1n) is 19.8. The Morgan fingerprint density at radius 1 is 0.738 bits per heavy atom. The molecule has 0 fully saturated rings. The summed E-state index contributed by atoms with van der Waals surface area (Å²) < 4.78 is 74.7. The number of sulfonamides is 1. The smallest absolute Gasteiger partial charge is 0.329 e. The van der Waals surface area contributed by atoms with Crippen LogP contribution in [-0.2, 0) is 54.5 Å². The number of halogens is 1. The molecule has 0 aliphatic heterocycles. The van der Waals surface area contributed by atoms with E-state index in [9.17, 15) is 32.0 Å². The first-order chi connectivity index (χ1) is 29.1. The number of carbonyl (C=O) groups is 4. The highest BCUT2D eigenvalue weighted by Crippen LogP contribution is 2.26. The lowest BCUT2D eigenvalue weighted by Crippen LogP contribution is -2.31. The van der Waals surface area contributed by atoms with Crippen LogP contribution in [0.2, 0.25) is 0 Å². The summed E-state index contributed by atoms with van der Waals surface area (Å²) in [5.74, 6) is -1.96. The predicted octanol–water partition coefficient (Wildman–Crippen LogP) is 4.43. The number of carboxylic acid groups (broad SMARTS) is 1. The van der Waals surface area contributed by atoms with Crippen molar-refractivity contribution in [2.75, 3.05) is 70.7 Å². The molecule has 20 heteroatoms. The summed E-state index contributed by atoms with van der Waals surface area (Å²) in [6.45, 7) is 6.38. The Kier molecular flexibility index (Phi) is 22.0. The van der Waals surface area contributed by atoms with Crippen molar-refractivity contribution in [2.24, 2.45) is 0 Å². The zero-order chi connectivity index (χ0) is 44.5. The first-order valence-corrected chi connectivity index (χ1v) is 21.3. The largest absolute Gasteiger partial charge is 0.480 e. The SMILES string of the molecule is CC(C)(C)OC(=O)CCCCCCCc1cc(Oc2ccc(S(=O)(=O)Nc3ncc(C(=O)NCCOCCOCC(=O)NCCOCCOCC(=O)O)cn3)cc2)ccc1F. The van der Waals surface area contributed by atoms with E-state index >= 15 is 0 Å². The third-order valence-electron chi connectivity index (χ3n) is 8.08. The molecule has 0 spiro atoms. The molecule has 336 valence electrons. The minimum Gasteiger partial charge on any atom is -0.480 e. The number of rotatable bonds is 30. The van der Waals surface area contributed by atoms with Gasteiger partial charge < -0.3 is 44.2 Å². The van der Waals surface area contributed by atoms with Crippen LogP contribution in [0.3, 0.4) is 0 Å². The summed E-state index contributed by atoms with van der Waals surface area (Å²) in [5, 5.41) is 13.7. The molecule has 0 atom stereocenters. The van der Waals surface area contributed by atoms with Crippen LogP contribution in [0.1, 0.15) is 75.2 Å². The quantitative estimate of drug-likeness (QED) is 0.0535. The summed E-state index contributed by atoms with van der Waals surface area (Å²) in [5.41, 5.74) is 0.106. The van der Waals surface area contributed by atoms with Crippen molar-refractivity contribution < 1.29 is 65.5 Å². The summed E-state index contributed by atoms with van der Waals surface area (Å²) in [7, 11) is -4.10. The Bertz CT molecular complexity index is 1930. The van der Waals surface area contributed by atoms with E-state index in [4.69, 9.17) is 33.5 Å². The number of esters is 1. The third-order valence-corrected chi connectivity index (χ3v) is 9.42. The second-order valence-electron chi connectivity index (χ2n) is 14.4. The number of carboxylic acids is 1. The van der Waals surface area contributed by atoms with Crippen LogP contribution in [0, 0.1) is 5.82 Å². The first kappa shape index (κ1) is 50.1. The number of aryl methyl sites for hydroxylation is 1. The summed E-state index contributed by atoms with van der Waals surface area (Å²) in [4.78, 5) is 54.2. The fourth-order valence-corrected chi connectivity index (χ4v) is 6.19. The number of carbonyl (C=O) groups excluding carboxylic acids is 3. The van der Waals surface area contributed by atoms with Crippen LogP contribution in [0.4, 0.5) is 10.3 Å². The average molecular weight is 878 g/mol. The van der Waals surface area contributed by atoms with E-state index in [1.807, 2.05) is 20.8 Å². The van der Waals surface area contributed by atoms with E-state index in [0.29, 0.717) is 29.9 Å². The highest BCUT2D eigenvalue weighted by molar-refractivity contribution is 7.92. The van der Waals surface area contributed by atoms with Crippen LogP contribution < -0.4 is 20.1 Å². The lowest BCUT2D eigenvalue weighted by molar-refractivity contribution is -0.155. The lowest BCUT2D eigenvalue weighted by atomic mass is 10.0. The number of benzene rings is 2. The Morgan fingerprint density at radius 3 is 1.98 bits per heavy atom. The van der Waals surface area contributed by atoms with Crippen LogP contribution in [0.5, 0.6) is 11.5 Å². The monoisotopic (exact) mass is 877 g/mol. The van der Waals surface area contributed by atoms with E-state index in [2.05, 4.69) is 25.3 Å². The standard InChI is InChI=1S/C41H56FN5O13S/c1-41(2,3)60-38(51)10-8-6-4-5-7-9-30-25-33(13-16-35(30)42)59-32-11-14-34(15-12-32)61(53,54)47-40-45-26-31(27-46-40)39(52)44-18-20-56-21-23-57-28-36(48)43-17-19-55-22-24-58-29-37(49)50/h11-16,25-27H,4-10,17-24,28-29H2,1-3H3,(H,43,48)(H,44,52)(H,49,50)(H,45,46,47). The van der Waals surface area contributed by atoms with E-state index < -0.39 is 34.1 Å². The topological polar surface area (TPSA) is 240 Å². The maximum absolute atomic E-state index is 14.5. The molecule has 1 heterocycles. The van der Waals surface area contributed by atoms with Gasteiger partial charge in [0.25, 0.3) is 15.9 Å². The number of nitrogens with one attached hydrogen (secondary N) is 3. The molecule has 1 aromatic heterocycles. The minimum absolute atomic E-state index is 0.0896. The van der Waals surface area contributed by atoms with Gasteiger partial charge in [0.05, 0.1) is 50.1 Å². The molecule has 0 aliphatic carbocycles. The van der Waals surface area contributed by atoms with Crippen molar-refractivity contribution in [3.05, 3.63) is 71.8 Å². The van der Waals surface area contributed by atoms with Gasteiger partial charge in [0.1, 0.15) is 36.1 Å². The fraction of sp³-hybridized carbons (Fsp3) is 0.512. The van der Waals surface area contributed by atoms with Crippen molar-refractivity contribution >= 4 is 39.7 Å². The molecule has 3 rings (SSSR count). The Hall–Kier alpha value is -5.28. The van der Waals surface area contributed by atoms with Gasteiger partial charge in [0, 0.05) is 31.9 Å². The maximum atomic E-state index is 14.5. The van der Waals surface area contributed by atoms with Gasteiger partial charge in [-0.2, -0.15) is 0 Å². The molecule has 4 N–H and O–H groups in total. The molecule has 0 saturated carbocycles. The normalized spacial score (nSPS) is 11.5. The molecule has 0 saturated heterocycles. The van der Waals surface area contributed by atoms with Crippen molar-refractivity contribution in [1.29, 1.82) is 0 Å². The van der Waals surface area contributed by atoms with Crippen LogP contribution in [-0.4, -0.2) is 119 Å². The third kappa shape index (κ3) is 21.7. The Labute approximate surface area is 355 Å². The van der Waals surface area contributed by atoms with Gasteiger partial charge in [-0.05, 0) is 88.1 Å². The van der Waals surface area contributed by atoms with Gasteiger partial charge >= 0.3 is 11.9 Å². The lowest BCUT2D eigenvalue weighted by Gasteiger charge is -2.19. The molecule has 0 aliphatic rings. The number of hydrogen-bond donors (Lipinski definition) is 4. The average Bonchev–Trinajstić information content (AvgIpc) is 3.20. The van der Waals surface area contributed by atoms with Gasteiger partial charge in [-0.1, -0.05) is 19.3 Å². The van der Waals surface area contributed by atoms with Crippen molar-refractivity contribution in [3.63, 3.8) is 0 Å². The van der Waals surface area contributed by atoms with Crippen molar-refractivity contribution in [2.45, 2.75) is 76.2 Å². The second kappa shape index (κ2) is 26.8. The van der Waals surface area contributed by atoms with Gasteiger partial charge in [0.2, 0.25) is 11.9 Å². The molecule has 0 bridgehead atoms. The van der Waals surface area contributed by atoms with E-state index in [0.717, 1.165) is 32.1 Å². The zero-order valence-corrected chi connectivity index (χ0v) is 35.6.